The highest BCUT2D eigenvalue weighted by Gasteiger charge is 2.00. The van der Waals surface area contributed by atoms with Gasteiger partial charge in [-0.05, 0) is 19.3 Å². The van der Waals surface area contributed by atoms with Crippen molar-refractivity contribution in [1.29, 1.82) is 0 Å². The first-order valence-electron chi connectivity index (χ1n) is 5.80. The standard InChI is InChI=1S/C11H24N2O3/c1-9(2)8-16-7-6-13-11(15)12-5-4-10(3)14/h9-10,14H,4-8H2,1-3H3,(H2,12,13,15). The van der Waals surface area contributed by atoms with E-state index in [-0.39, 0.29) is 12.1 Å². The molecule has 0 heterocycles. The van der Waals surface area contributed by atoms with Crippen LogP contribution in [-0.2, 0) is 4.74 Å². The first kappa shape index (κ1) is 15.2. The number of aliphatic hydroxyl groups is 1. The number of carbonyl (C=O) groups excluding carboxylic acids is 1. The minimum Gasteiger partial charge on any atom is -0.393 e. The molecule has 0 rings (SSSR count). The molecule has 0 aromatic rings. The maximum Gasteiger partial charge on any atom is 0.314 e. The van der Waals surface area contributed by atoms with Crippen LogP contribution >= 0.6 is 0 Å². The van der Waals surface area contributed by atoms with Crippen molar-refractivity contribution in [2.75, 3.05) is 26.3 Å². The fraction of sp³-hybridized carbons (Fsp3) is 0.909. The van der Waals surface area contributed by atoms with E-state index in [4.69, 9.17) is 9.84 Å². The highest BCUT2D eigenvalue weighted by molar-refractivity contribution is 5.73. The monoisotopic (exact) mass is 232 g/mol. The number of aliphatic hydroxyl groups excluding tert-OH is 1. The summed E-state index contributed by atoms with van der Waals surface area (Å²) in [5, 5.41) is 14.3. The molecule has 0 spiro atoms. The SMILES string of the molecule is CC(C)COCCNC(=O)NCCC(C)O. The number of hydrogen-bond donors (Lipinski definition) is 3. The van der Waals surface area contributed by atoms with E-state index in [2.05, 4.69) is 24.5 Å². The topological polar surface area (TPSA) is 70.6 Å². The lowest BCUT2D eigenvalue weighted by Crippen LogP contribution is -2.38. The maximum absolute atomic E-state index is 11.2. The molecular formula is C11H24N2O3. The van der Waals surface area contributed by atoms with Crippen LogP contribution in [-0.4, -0.2) is 43.5 Å². The van der Waals surface area contributed by atoms with E-state index in [0.717, 1.165) is 0 Å². The van der Waals surface area contributed by atoms with Gasteiger partial charge in [0, 0.05) is 19.7 Å². The van der Waals surface area contributed by atoms with E-state index < -0.39 is 0 Å². The Morgan fingerprint density at radius 3 is 2.44 bits per heavy atom. The molecule has 0 saturated carbocycles. The third kappa shape index (κ3) is 11.3. The Morgan fingerprint density at radius 2 is 1.88 bits per heavy atom. The maximum atomic E-state index is 11.2. The molecule has 2 amide bonds. The van der Waals surface area contributed by atoms with Gasteiger partial charge in [0.05, 0.1) is 12.7 Å². The Balaban J connectivity index is 3.24. The van der Waals surface area contributed by atoms with E-state index in [0.29, 0.717) is 38.6 Å². The zero-order valence-electron chi connectivity index (χ0n) is 10.5. The lowest BCUT2D eigenvalue weighted by atomic mass is 10.2. The van der Waals surface area contributed by atoms with Crippen molar-refractivity contribution in [3.63, 3.8) is 0 Å². The van der Waals surface area contributed by atoms with Crippen LogP contribution in [0.3, 0.4) is 0 Å². The van der Waals surface area contributed by atoms with Crippen molar-refractivity contribution in [3.05, 3.63) is 0 Å². The number of nitrogens with one attached hydrogen (secondary N) is 2. The van der Waals surface area contributed by atoms with Crippen molar-refractivity contribution in [3.8, 4) is 0 Å². The van der Waals surface area contributed by atoms with Gasteiger partial charge in [0.1, 0.15) is 0 Å². The molecule has 0 aromatic heterocycles. The average molecular weight is 232 g/mol. The smallest absolute Gasteiger partial charge is 0.314 e. The number of amides is 2. The Kier molecular flexibility index (Phi) is 8.94. The zero-order chi connectivity index (χ0) is 12.4. The van der Waals surface area contributed by atoms with Crippen LogP contribution in [0.15, 0.2) is 0 Å². The molecule has 0 aliphatic rings. The summed E-state index contributed by atoms with van der Waals surface area (Å²) in [5.41, 5.74) is 0. The van der Waals surface area contributed by atoms with Crippen molar-refractivity contribution in [1.82, 2.24) is 10.6 Å². The van der Waals surface area contributed by atoms with Crippen LogP contribution in [0.5, 0.6) is 0 Å². The lowest BCUT2D eigenvalue weighted by molar-refractivity contribution is 0.112. The van der Waals surface area contributed by atoms with E-state index in [9.17, 15) is 4.79 Å². The van der Waals surface area contributed by atoms with Crippen molar-refractivity contribution in [2.45, 2.75) is 33.3 Å². The lowest BCUT2D eigenvalue weighted by Gasteiger charge is -2.09. The molecule has 5 nitrogen and oxygen atoms in total. The fourth-order valence-corrected chi connectivity index (χ4v) is 1.01. The van der Waals surface area contributed by atoms with Crippen LogP contribution in [0.25, 0.3) is 0 Å². The quantitative estimate of drug-likeness (QED) is 0.540. The number of rotatable bonds is 8. The molecule has 16 heavy (non-hydrogen) atoms. The zero-order valence-corrected chi connectivity index (χ0v) is 10.5. The summed E-state index contributed by atoms with van der Waals surface area (Å²) in [6.07, 6.45) is 0.187. The third-order valence-electron chi connectivity index (χ3n) is 1.83. The number of ether oxygens (including phenoxy) is 1. The Labute approximate surface area is 97.6 Å². The van der Waals surface area contributed by atoms with Crippen molar-refractivity contribution < 1.29 is 14.6 Å². The first-order valence-corrected chi connectivity index (χ1v) is 5.80. The molecular weight excluding hydrogens is 208 g/mol. The molecule has 0 fully saturated rings. The van der Waals surface area contributed by atoms with E-state index >= 15 is 0 Å². The van der Waals surface area contributed by atoms with E-state index in [1.54, 1.807) is 6.92 Å². The summed E-state index contributed by atoms with van der Waals surface area (Å²) in [5.74, 6) is 0.514. The molecule has 0 radical (unpaired) electrons. The molecule has 0 aliphatic carbocycles. The Morgan fingerprint density at radius 1 is 1.25 bits per heavy atom. The van der Waals surface area contributed by atoms with Gasteiger partial charge in [-0.3, -0.25) is 0 Å². The molecule has 96 valence electrons. The largest absolute Gasteiger partial charge is 0.393 e. The minimum atomic E-state index is -0.380. The second-order valence-corrected chi connectivity index (χ2v) is 4.29. The van der Waals surface area contributed by atoms with Crippen molar-refractivity contribution in [2.24, 2.45) is 5.92 Å². The predicted octanol–water partition coefficient (Wildman–Crippen LogP) is 0.729. The van der Waals surface area contributed by atoms with Crippen LogP contribution in [0.2, 0.25) is 0 Å². The van der Waals surface area contributed by atoms with Crippen LogP contribution < -0.4 is 10.6 Å². The molecule has 0 saturated heterocycles. The van der Waals surface area contributed by atoms with Gasteiger partial charge in [0.25, 0.3) is 0 Å². The summed E-state index contributed by atoms with van der Waals surface area (Å²) >= 11 is 0. The van der Waals surface area contributed by atoms with Crippen LogP contribution in [0.4, 0.5) is 4.79 Å². The van der Waals surface area contributed by atoms with Gasteiger partial charge in [-0.2, -0.15) is 0 Å². The van der Waals surface area contributed by atoms with Gasteiger partial charge in [-0.15, -0.1) is 0 Å². The molecule has 3 N–H and O–H groups in total. The van der Waals surface area contributed by atoms with Crippen molar-refractivity contribution >= 4 is 6.03 Å². The van der Waals surface area contributed by atoms with Crippen LogP contribution in [0.1, 0.15) is 27.2 Å². The van der Waals surface area contributed by atoms with Gasteiger partial charge < -0.3 is 20.5 Å². The summed E-state index contributed by atoms with van der Waals surface area (Å²) in [4.78, 5) is 11.2. The van der Waals surface area contributed by atoms with E-state index in [1.165, 1.54) is 0 Å². The highest BCUT2D eigenvalue weighted by atomic mass is 16.5. The van der Waals surface area contributed by atoms with Gasteiger partial charge in [0.2, 0.25) is 0 Å². The Bertz CT molecular complexity index is 184. The third-order valence-corrected chi connectivity index (χ3v) is 1.83. The second-order valence-electron chi connectivity index (χ2n) is 4.29. The normalized spacial score (nSPS) is 12.6. The van der Waals surface area contributed by atoms with Gasteiger partial charge in [-0.25, -0.2) is 4.79 Å². The Hall–Kier alpha value is -0.810. The predicted molar refractivity (Wildman–Crippen MR) is 63.4 cm³/mol. The molecule has 5 heteroatoms. The van der Waals surface area contributed by atoms with E-state index in [1.807, 2.05) is 0 Å². The van der Waals surface area contributed by atoms with Gasteiger partial charge >= 0.3 is 6.03 Å². The number of carbonyl (C=O) groups is 1. The summed E-state index contributed by atoms with van der Waals surface area (Å²) in [6.45, 7) is 8.09. The molecule has 1 unspecified atom stereocenters. The van der Waals surface area contributed by atoms with Gasteiger partial charge in [0.15, 0.2) is 0 Å². The summed E-state index contributed by atoms with van der Waals surface area (Å²) in [6, 6.07) is -0.214. The number of urea groups is 1. The minimum absolute atomic E-state index is 0.214. The highest BCUT2D eigenvalue weighted by Crippen LogP contribution is 1.91. The summed E-state index contributed by atoms with van der Waals surface area (Å²) in [7, 11) is 0. The second kappa shape index (κ2) is 9.42. The molecule has 0 aliphatic heterocycles. The van der Waals surface area contributed by atoms with Gasteiger partial charge in [-0.1, -0.05) is 13.8 Å². The molecule has 1 atom stereocenters. The first-order chi connectivity index (χ1) is 7.52. The molecule has 0 aromatic carbocycles. The number of hydrogen-bond acceptors (Lipinski definition) is 3. The van der Waals surface area contributed by atoms with Crippen LogP contribution in [0, 0.1) is 5.92 Å². The summed E-state index contributed by atoms with van der Waals surface area (Å²) < 4.78 is 5.31. The average Bonchev–Trinajstić information content (AvgIpc) is 2.16. The molecule has 0 bridgehead atoms. The fourth-order valence-electron chi connectivity index (χ4n) is 1.01.